The normalized spacial score (nSPS) is 18.3. The zero-order chi connectivity index (χ0) is 26.7. The van der Waals surface area contributed by atoms with Gasteiger partial charge in [-0.1, -0.05) is 11.8 Å². The predicted octanol–water partition coefficient (Wildman–Crippen LogP) is -3.08. The summed E-state index contributed by atoms with van der Waals surface area (Å²) in [6.07, 6.45) is 2.07. The number of nitrogens with zero attached hydrogens (tertiary/aromatic N) is 2. The Hall–Kier alpha value is -3.97. The number of pyridine rings is 1. The summed E-state index contributed by atoms with van der Waals surface area (Å²) in [5, 5.41) is -2.14. The zero-order valence-electron chi connectivity index (χ0n) is 18.8. The number of allylic oxidation sites excluding steroid dienone is 1. The molecule has 1 aliphatic rings. The number of aryl methyl sites for hydroxylation is 1. The molecular formula is C21H22N6O7S2. The average Bonchev–Trinajstić information content (AvgIpc) is 2.76. The maximum Gasteiger partial charge on any atom is 0.316 e. The van der Waals surface area contributed by atoms with Crippen LogP contribution in [0.4, 0.5) is 5.69 Å². The number of guanidine groups is 2. The smallest absolute Gasteiger partial charge is 0.316 e. The molecule has 1 aromatic heterocycles. The van der Waals surface area contributed by atoms with Crippen LogP contribution in [0.5, 0.6) is 0 Å². The summed E-state index contributed by atoms with van der Waals surface area (Å²) in [6, 6.07) is 10.5. The van der Waals surface area contributed by atoms with Gasteiger partial charge in [-0.25, -0.2) is 26.4 Å². The highest BCUT2D eigenvalue weighted by Crippen LogP contribution is 2.28. The SMILES string of the molecule is C[n+]1ccccc1-c1ccc(N=C(N)[NH+]=C(N)N)cc1C#CC1=CO[C@H](S(=O)(=O)[O-])[C@H](S(=O)(=O)[O-])C1. The number of nitrogens with one attached hydrogen (secondary N) is 1. The second-order valence-corrected chi connectivity index (χ2v) is 10.7. The Morgan fingerprint density at radius 1 is 1.11 bits per heavy atom. The fourth-order valence-electron chi connectivity index (χ4n) is 3.36. The van der Waals surface area contributed by atoms with E-state index in [4.69, 9.17) is 21.9 Å². The van der Waals surface area contributed by atoms with Crippen molar-refractivity contribution in [2.45, 2.75) is 17.1 Å². The van der Waals surface area contributed by atoms with E-state index < -0.39 is 37.3 Å². The van der Waals surface area contributed by atoms with Gasteiger partial charge in [0.05, 0.1) is 11.8 Å². The minimum atomic E-state index is -5.22. The first kappa shape index (κ1) is 26.6. The van der Waals surface area contributed by atoms with E-state index in [1.165, 1.54) is 0 Å². The first-order valence-corrected chi connectivity index (χ1v) is 13.0. The second kappa shape index (κ2) is 10.3. The maximum absolute atomic E-state index is 11.6. The van der Waals surface area contributed by atoms with Crippen molar-refractivity contribution in [1.29, 1.82) is 0 Å². The summed E-state index contributed by atoms with van der Waals surface area (Å²) in [6.45, 7) is 0. The molecule has 2 aromatic rings. The van der Waals surface area contributed by atoms with Crippen molar-refractivity contribution < 1.29 is 40.2 Å². The van der Waals surface area contributed by atoms with Crippen molar-refractivity contribution >= 4 is 37.8 Å². The van der Waals surface area contributed by atoms with Crippen LogP contribution in [0, 0.1) is 11.8 Å². The van der Waals surface area contributed by atoms with Gasteiger partial charge in [-0.05, 0) is 24.3 Å². The van der Waals surface area contributed by atoms with Gasteiger partial charge >= 0.3 is 5.96 Å². The van der Waals surface area contributed by atoms with Crippen molar-refractivity contribution in [2.75, 3.05) is 0 Å². The molecule has 0 amide bonds. The Labute approximate surface area is 207 Å². The highest BCUT2D eigenvalue weighted by molar-refractivity contribution is 7.90. The fraction of sp³-hybridized carbons (Fsp3) is 0.190. The second-order valence-electron chi connectivity index (χ2n) is 7.63. The van der Waals surface area contributed by atoms with Crippen molar-refractivity contribution in [3.05, 3.63) is 60.0 Å². The molecule has 0 saturated carbocycles. The molecular weight excluding hydrogens is 512 g/mol. The van der Waals surface area contributed by atoms with Crippen molar-refractivity contribution in [3.8, 4) is 23.1 Å². The van der Waals surface area contributed by atoms with Gasteiger partial charge in [-0.3, -0.25) is 0 Å². The molecule has 13 nitrogen and oxygen atoms in total. The van der Waals surface area contributed by atoms with E-state index in [1.807, 2.05) is 36.0 Å². The molecule has 0 saturated heterocycles. The number of rotatable bonds is 4. The highest BCUT2D eigenvalue weighted by atomic mass is 32.2. The van der Waals surface area contributed by atoms with Crippen LogP contribution in [-0.4, -0.2) is 48.5 Å². The lowest BCUT2D eigenvalue weighted by Gasteiger charge is -2.33. The summed E-state index contributed by atoms with van der Waals surface area (Å²) < 4.78 is 75.5. The third-order valence-corrected chi connectivity index (χ3v) is 7.27. The summed E-state index contributed by atoms with van der Waals surface area (Å²) >= 11 is 0. The minimum absolute atomic E-state index is 0.00306. The molecule has 36 heavy (non-hydrogen) atoms. The number of aliphatic imine (C=N–C) groups is 1. The van der Waals surface area contributed by atoms with Gasteiger partial charge in [0.25, 0.3) is 5.96 Å². The van der Waals surface area contributed by atoms with Crippen LogP contribution >= 0.6 is 0 Å². The van der Waals surface area contributed by atoms with Gasteiger partial charge < -0.3 is 31.0 Å². The van der Waals surface area contributed by atoms with E-state index >= 15 is 0 Å². The molecule has 1 aromatic carbocycles. The molecule has 2 heterocycles. The number of ether oxygens (including phenoxy) is 1. The Morgan fingerprint density at radius 2 is 1.83 bits per heavy atom. The van der Waals surface area contributed by atoms with Crippen LogP contribution < -0.4 is 26.8 Å². The highest BCUT2D eigenvalue weighted by Gasteiger charge is 2.37. The molecule has 1 aliphatic heterocycles. The number of hydrogen-bond donors (Lipinski definition) is 4. The largest absolute Gasteiger partial charge is 0.748 e. The Kier molecular flexibility index (Phi) is 7.65. The zero-order valence-corrected chi connectivity index (χ0v) is 20.4. The monoisotopic (exact) mass is 534 g/mol. The topological polar surface area (TPSA) is 232 Å². The van der Waals surface area contributed by atoms with Crippen molar-refractivity contribution in [1.82, 2.24) is 0 Å². The third kappa shape index (κ3) is 6.58. The number of hydrogen-bond acceptors (Lipinski definition) is 8. The predicted molar refractivity (Wildman–Crippen MR) is 126 cm³/mol. The molecule has 0 fully saturated rings. The summed E-state index contributed by atoms with van der Waals surface area (Å²) in [4.78, 5) is 6.62. The quantitative estimate of drug-likeness (QED) is 0.101. The van der Waals surface area contributed by atoms with Crippen molar-refractivity contribution in [3.63, 3.8) is 0 Å². The lowest BCUT2D eigenvalue weighted by atomic mass is 10.0. The van der Waals surface area contributed by atoms with Crippen LogP contribution in [0.25, 0.3) is 11.3 Å². The van der Waals surface area contributed by atoms with E-state index in [1.54, 1.807) is 18.2 Å². The minimum Gasteiger partial charge on any atom is -0.748 e. The van der Waals surface area contributed by atoms with Crippen LogP contribution in [0.15, 0.2) is 59.4 Å². The molecule has 190 valence electrons. The van der Waals surface area contributed by atoms with E-state index in [2.05, 4.69) is 21.8 Å². The maximum atomic E-state index is 11.6. The van der Waals surface area contributed by atoms with Gasteiger partial charge in [0.1, 0.15) is 38.2 Å². The Morgan fingerprint density at radius 3 is 2.44 bits per heavy atom. The van der Waals surface area contributed by atoms with Gasteiger partial charge in [-0.15, -0.1) is 4.99 Å². The first-order chi connectivity index (χ1) is 16.8. The van der Waals surface area contributed by atoms with E-state index in [9.17, 15) is 25.9 Å². The molecule has 0 aliphatic carbocycles. The van der Waals surface area contributed by atoms with E-state index in [-0.39, 0.29) is 17.5 Å². The molecule has 7 N–H and O–H groups in total. The number of nitrogens with two attached hydrogens (primary N) is 3. The first-order valence-electron chi connectivity index (χ1n) is 10.1. The third-order valence-electron chi connectivity index (χ3n) is 4.94. The molecule has 0 spiro atoms. The summed E-state index contributed by atoms with van der Waals surface area (Å²) in [5.74, 6) is 5.32. The standard InChI is InChI=1S/C21H22N6O7S2/c1-27-9-3-2-4-17(27)16-8-7-15(25-21(24)26-20(22)23)11-14(16)6-5-13-10-18(35(28,29)30)19(34-12-13)36(31,32)33/h2-4,7-9,11-12,18-19H,10H2,1H3,(H7,22,23,24,26,28,29,30,31,32,33)/t18-,19-/m1/s1. The average molecular weight is 535 g/mol. The van der Waals surface area contributed by atoms with Gasteiger partial charge in [0.15, 0.2) is 6.20 Å². The van der Waals surface area contributed by atoms with Gasteiger partial charge in [-0.2, -0.15) is 0 Å². The fourth-order valence-corrected chi connectivity index (χ4v) is 5.56. The van der Waals surface area contributed by atoms with E-state index in [0.29, 0.717) is 16.8 Å². The Balaban J connectivity index is 2.10. The summed E-state index contributed by atoms with van der Waals surface area (Å²) in [5.41, 5.74) is 16.4. The van der Waals surface area contributed by atoms with E-state index in [0.717, 1.165) is 12.0 Å². The van der Waals surface area contributed by atoms with Crippen LogP contribution in [0.3, 0.4) is 0 Å². The van der Waals surface area contributed by atoms with Gasteiger partial charge in [0.2, 0.25) is 11.1 Å². The number of benzene rings is 1. The molecule has 15 heteroatoms. The lowest BCUT2D eigenvalue weighted by Crippen LogP contribution is -2.84. The van der Waals surface area contributed by atoms with Crippen molar-refractivity contribution in [2.24, 2.45) is 29.2 Å². The molecule has 0 unspecified atom stereocenters. The summed E-state index contributed by atoms with van der Waals surface area (Å²) in [7, 11) is -8.58. The van der Waals surface area contributed by atoms with Crippen LogP contribution in [0.1, 0.15) is 12.0 Å². The molecule has 0 radical (unpaired) electrons. The Bertz CT molecular complexity index is 1550. The van der Waals surface area contributed by atoms with Gasteiger partial charge in [0, 0.05) is 29.7 Å². The molecule has 2 atom stereocenters. The van der Waals surface area contributed by atoms with Crippen LogP contribution in [0.2, 0.25) is 0 Å². The molecule has 0 bridgehead atoms. The van der Waals surface area contributed by atoms with Crippen LogP contribution in [-0.2, 0) is 32.0 Å². The molecule has 3 rings (SSSR count). The number of aromatic nitrogens is 1. The lowest BCUT2D eigenvalue weighted by molar-refractivity contribution is -0.660.